The van der Waals surface area contributed by atoms with Crippen LogP contribution in [-0.4, -0.2) is 42.8 Å². The number of fused-ring (bicyclic) bond motifs is 1. The molecule has 0 radical (unpaired) electrons. The molecule has 1 aromatic carbocycles. The molecule has 1 fully saturated rings. The number of nitrogens with two attached hydrogens (primary N) is 1. The quantitative estimate of drug-likeness (QED) is 0.928. The fourth-order valence-electron chi connectivity index (χ4n) is 4.01. The molecule has 2 unspecified atom stereocenters. The van der Waals surface area contributed by atoms with Crippen LogP contribution in [0.15, 0.2) is 24.3 Å². The van der Waals surface area contributed by atoms with Crippen molar-refractivity contribution in [1.29, 1.82) is 0 Å². The second-order valence-electron chi connectivity index (χ2n) is 6.54. The van der Waals surface area contributed by atoms with Gasteiger partial charge in [0.1, 0.15) is 0 Å². The van der Waals surface area contributed by atoms with Gasteiger partial charge in [0.05, 0.1) is 6.10 Å². The van der Waals surface area contributed by atoms with Crippen LogP contribution < -0.4 is 5.73 Å². The van der Waals surface area contributed by atoms with Gasteiger partial charge in [0.15, 0.2) is 0 Å². The minimum atomic E-state index is 0.154. The van der Waals surface area contributed by atoms with Crippen LogP contribution in [0.2, 0.25) is 0 Å². The van der Waals surface area contributed by atoms with Gasteiger partial charge in [-0.3, -0.25) is 4.90 Å². The Morgan fingerprint density at radius 3 is 2.48 bits per heavy atom. The summed E-state index contributed by atoms with van der Waals surface area (Å²) in [5, 5.41) is 0. The normalized spacial score (nSPS) is 30.7. The molecule has 1 aromatic rings. The minimum Gasteiger partial charge on any atom is -0.378 e. The molecule has 3 heteroatoms. The summed E-state index contributed by atoms with van der Waals surface area (Å²) < 4.78 is 5.89. The Hall–Kier alpha value is -0.900. The molecule has 2 aliphatic rings. The van der Waals surface area contributed by atoms with E-state index in [-0.39, 0.29) is 5.54 Å². The summed E-state index contributed by atoms with van der Waals surface area (Å²) >= 11 is 0. The number of hydrogen-bond acceptors (Lipinski definition) is 3. The van der Waals surface area contributed by atoms with Crippen molar-refractivity contribution in [2.75, 3.05) is 26.2 Å². The number of ether oxygens (including phenoxy) is 1. The van der Waals surface area contributed by atoms with Crippen molar-refractivity contribution in [3.05, 3.63) is 35.4 Å². The summed E-state index contributed by atoms with van der Waals surface area (Å²) in [6, 6.07) is 8.89. The van der Waals surface area contributed by atoms with Crippen molar-refractivity contribution >= 4 is 0 Å². The van der Waals surface area contributed by atoms with Gasteiger partial charge in [-0.15, -0.1) is 0 Å². The van der Waals surface area contributed by atoms with E-state index in [1.54, 1.807) is 0 Å². The molecule has 2 aliphatic heterocycles. The number of nitrogens with zero attached hydrogens (tertiary/aromatic N) is 1. The molecule has 21 heavy (non-hydrogen) atoms. The number of hydrogen-bond donors (Lipinski definition) is 1. The summed E-state index contributed by atoms with van der Waals surface area (Å²) in [5.41, 5.74) is 9.44. The van der Waals surface area contributed by atoms with Crippen molar-refractivity contribution in [2.24, 2.45) is 5.73 Å². The summed E-state index contributed by atoms with van der Waals surface area (Å²) in [6.07, 6.45) is 5.95. The Kier molecular flexibility index (Phi) is 4.63. The topological polar surface area (TPSA) is 38.5 Å². The SMILES string of the molecule is CCC1CC(CN)(N2CCc3ccccc3CC2)CCO1. The molecular weight excluding hydrogens is 260 g/mol. The lowest BCUT2D eigenvalue weighted by Gasteiger charge is -2.48. The highest BCUT2D eigenvalue weighted by atomic mass is 16.5. The van der Waals surface area contributed by atoms with Crippen molar-refractivity contribution in [2.45, 2.75) is 50.7 Å². The lowest BCUT2D eigenvalue weighted by Crippen LogP contribution is -2.59. The fourth-order valence-corrected chi connectivity index (χ4v) is 4.01. The van der Waals surface area contributed by atoms with E-state index in [4.69, 9.17) is 10.5 Å². The maximum absolute atomic E-state index is 6.24. The molecule has 0 saturated carbocycles. The molecular formula is C18H28N2O. The zero-order valence-corrected chi connectivity index (χ0v) is 13.2. The van der Waals surface area contributed by atoms with Crippen LogP contribution in [0.4, 0.5) is 0 Å². The highest BCUT2D eigenvalue weighted by Gasteiger charge is 2.40. The van der Waals surface area contributed by atoms with Crippen LogP contribution in [0.5, 0.6) is 0 Å². The summed E-state index contributed by atoms with van der Waals surface area (Å²) in [5.74, 6) is 0. The third-order valence-electron chi connectivity index (χ3n) is 5.46. The standard InChI is InChI=1S/C18H28N2O/c1-2-17-13-18(14-19,9-12-21-17)20-10-7-15-5-3-4-6-16(15)8-11-20/h3-6,17H,2,7-14,19H2,1H3. The highest BCUT2D eigenvalue weighted by Crippen LogP contribution is 2.33. The Labute approximate surface area is 128 Å². The van der Waals surface area contributed by atoms with Gasteiger partial charge in [-0.1, -0.05) is 31.2 Å². The zero-order valence-electron chi connectivity index (χ0n) is 13.2. The van der Waals surface area contributed by atoms with Gasteiger partial charge in [-0.2, -0.15) is 0 Å². The van der Waals surface area contributed by atoms with E-state index in [1.165, 1.54) is 11.1 Å². The molecule has 0 bridgehead atoms. The largest absolute Gasteiger partial charge is 0.378 e. The summed E-state index contributed by atoms with van der Waals surface area (Å²) in [4.78, 5) is 2.66. The van der Waals surface area contributed by atoms with E-state index >= 15 is 0 Å². The van der Waals surface area contributed by atoms with Gasteiger partial charge >= 0.3 is 0 Å². The van der Waals surface area contributed by atoms with Gasteiger partial charge in [-0.25, -0.2) is 0 Å². The third kappa shape index (κ3) is 3.01. The molecule has 2 heterocycles. The average molecular weight is 288 g/mol. The Balaban J connectivity index is 1.76. The first-order valence-corrected chi connectivity index (χ1v) is 8.41. The van der Waals surface area contributed by atoms with Crippen molar-refractivity contribution < 1.29 is 4.74 Å². The van der Waals surface area contributed by atoms with E-state index in [0.717, 1.165) is 58.3 Å². The minimum absolute atomic E-state index is 0.154. The number of rotatable bonds is 3. The second-order valence-corrected chi connectivity index (χ2v) is 6.54. The number of benzene rings is 1. The zero-order chi connectivity index (χ0) is 14.7. The molecule has 116 valence electrons. The van der Waals surface area contributed by atoms with E-state index in [0.29, 0.717) is 6.10 Å². The van der Waals surface area contributed by atoms with Crippen molar-refractivity contribution in [3.8, 4) is 0 Å². The molecule has 1 saturated heterocycles. The first-order chi connectivity index (χ1) is 10.3. The predicted octanol–water partition coefficient (Wildman–Crippen LogP) is 2.37. The van der Waals surface area contributed by atoms with Gasteiger partial charge in [-0.05, 0) is 43.2 Å². The lowest BCUT2D eigenvalue weighted by molar-refractivity contribution is -0.0710. The third-order valence-corrected chi connectivity index (χ3v) is 5.46. The van der Waals surface area contributed by atoms with Gasteiger partial charge in [0.25, 0.3) is 0 Å². The first kappa shape index (κ1) is 15.0. The Morgan fingerprint density at radius 1 is 1.24 bits per heavy atom. The Bertz CT molecular complexity index is 449. The summed E-state index contributed by atoms with van der Waals surface area (Å²) in [7, 11) is 0. The molecule has 0 amide bonds. The molecule has 0 aromatic heterocycles. The van der Waals surface area contributed by atoms with Gasteiger partial charge in [0.2, 0.25) is 0 Å². The lowest BCUT2D eigenvalue weighted by atomic mass is 9.83. The van der Waals surface area contributed by atoms with Crippen molar-refractivity contribution in [3.63, 3.8) is 0 Å². The fraction of sp³-hybridized carbons (Fsp3) is 0.667. The smallest absolute Gasteiger partial charge is 0.0590 e. The van der Waals surface area contributed by atoms with Gasteiger partial charge in [0, 0.05) is 31.8 Å². The molecule has 3 rings (SSSR count). The van der Waals surface area contributed by atoms with Crippen LogP contribution in [0.25, 0.3) is 0 Å². The Morgan fingerprint density at radius 2 is 1.90 bits per heavy atom. The predicted molar refractivity (Wildman–Crippen MR) is 86.5 cm³/mol. The maximum atomic E-state index is 6.24. The maximum Gasteiger partial charge on any atom is 0.0590 e. The molecule has 0 spiro atoms. The molecule has 2 atom stereocenters. The summed E-state index contributed by atoms with van der Waals surface area (Å²) in [6.45, 7) is 6.09. The monoisotopic (exact) mass is 288 g/mol. The van der Waals surface area contributed by atoms with E-state index in [9.17, 15) is 0 Å². The molecule has 0 aliphatic carbocycles. The first-order valence-electron chi connectivity index (χ1n) is 8.41. The van der Waals surface area contributed by atoms with E-state index in [1.807, 2.05) is 0 Å². The van der Waals surface area contributed by atoms with E-state index < -0.39 is 0 Å². The highest BCUT2D eigenvalue weighted by molar-refractivity contribution is 5.29. The second kappa shape index (κ2) is 6.47. The van der Waals surface area contributed by atoms with Crippen LogP contribution in [-0.2, 0) is 17.6 Å². The van der Waals surface area contributed by atoms with Crippen LogP contribution in [0, 0.1) is 0 Å². The molecule has 3 nitrogen and oxygen atoms in total. The molecule has 2 N–H and O–H groups in total. The van der Waals surface area contributed by atoms with Crippen LogP contribution >= 0.6 is 0 Å². The van der Waals surface area contributed by atoms with Crippen molar-refractivity contribution in [1.82, 2.24) is 4.90 Å². The van der Waals surface area contributed by atoms with Gasteiger partial charge < -0.3 is 10.5 Å². The van der Waals surface area contributed by atoms with Crippen LogP contribution in [0.1, 0.15) is 37.3 Å². The van der Waals surface area contributed by atoms with E-state index in [2.05, 4.69) is 36.1 Å². The average Bonchev–Trinajstić information content (AvgIpc) is 2.77. The van der Waals surface area contributed by atoms with Crippen LogP contribution in [0.3, 0.4) is 0 Å².